The standard InChI is InChI=1S/C18H28N2O3/c1-23-11-9-18(7-8-18)17(22)19-10-6-15-13(12-19)2-5-16(21)20(15)14-3-4-14/h13-15H,2-12H2,1H3/t13-,15+/m0/s1. The van der Waals surface area contributed by atoms with Crippen LogP contribution < -0.4 is 0 Å². The van der Waals surface area contributed by atoms with Crippen LogP contribution in [0.2, 0.25) is 0 Å². The molecule has 0 aromatic rings. The molecule has 128 valence electrons. The third kappa shape index (κ3) is 2.77. The molecule has 0 N–H and O–H groups in total. The second-order valence-corrected chi connectivity index (χ2v) is 7.96. The first kappa shape index (κ1) is 15.4. The SMILES string of the molecule is COCCC1(C(=O)N2CC[C@@H]3[C@@H](CCC(=O)N3C3CC3)C2)CC1. The summed E-state index contributed by atoms with van der Waals surface area (Å²) in [6.07, 6.45) is 7.86. The largest absolute Gasteiger partial charge is 0.385 e. The van der Waals surface area contributed by atoms with Crippen molar-refractivity contribution in [1.29, 1.82) is 0 Å². The lowest BCUT2D eigenvalue weighted by Crippen LogP contribution is -2.58. The minimum absolute atomic E-state index is 0.122. The first-order valence-electron chi connectivity index (χ1n) is 9.24. The summed E-state index contributed by atoms with van der Waals surface area (Å²) >= 11 is 0. The Morgan fingerprint density at radius 2 is 2.04 bits per heavy atom. The molecular weight excluding hydrogens is 292 g/mol. The van der Waals surface area contributed by atoms with Crippen LogP contribution >= 0.6 is 0 Å². The molecule has 2 aliphatic carbocycles. The number of carbonyl (C=O) groups excluding carboxylic acids is 2. The maximum absolute atomic E-state index is 12.9. The maximum atomic E-state index is 12.9. The summed E-state index contributed by atoms with van der Waals surface area (Å²) < 4.78 is 5.19. The van der Waals surface area contributed by atoms with E-state index in [9.17, 15) is 9.59 Å². The molecule has 2 amide bonds. The number of fused-ring (bicyclic) bond motifs is 1. The molecule has 4 rings (SSSR count). The first-order chi connectivity index (χ1) is 11.1. The van der Waals surface area contributed by atoms with Gasteiger partial charge in [0.05, 0.1) is 5.41 Å². The average Bonchev–Trinajstić information content (AvgIpc) is 3.46. The predicted octanol–water partition coefficient (Wildman–Crippen LogP) is 1.80. The number of methoxy groups -OCH3 is 1. The molecule has 5 heteroatoms. The van der Waals surface area contributed by atoms with Gasteiger partial charge in [-0.15, -0.1) is 0 Å². The molecule has 2 heterocycles. The van der Waals surface area contributed by atoms with Gasteiger partial charge < -0.3 is 14.5 Å². The van der Waals surface area contributed by atoms with Crippen molar-refractivity contribution in [1.82, 2.24) is 9.80 Å². The molecule has 0 aromatic carbocycles. The van der Waals surface area contributed by atoms with Crippen molar-refractivity contribution in [3.63, 3.8) is 0 Å². The lowest BCUT2D eigenvalue weighted by atomic mass is 9.82. The van der Waals surface area contributed by atoms with Crippen LogP contribution in [-0.4, -0.2) is 60.5 Å². The van der Waals surface area contributed by atoms with Crippen molar-refractivity contribution < 1.29 is 14.3 Å². The van der Waals surface area contributed by atoms with Crippen LogP contribution in [0.15, 0.2) is 0 Å². The number of likely N-dealkylation sites (tertiary alicyclic amines) is 2. The fourth-order valence-electron chi connectivity index (χ4n) is 4.66. The minimum Gasteiger partial charge on any atom is -0.385 e. The Balaban J connectivity index is 1.41. The minimum atomic E-state index is -0.122. The van der Waals surface area contributed by atoms with Crippen molar-refractivity contribution in [3.8, 4) is 0 Å². The molecule has 0 spiro atoms. The van der Waals surface area contributed by atoms with E-state index in [1.807, 2.05) is 0 Å². The van der Waals surface area contributed by atoms with Gasteiger partial charge in [-0.05, 0) is 50.9 Å². The number of ether oxygens (including phenoxy) is 1. The molecule has 4 fully saturated rings. The van der Waals surface area contributed by atoms with E-state index in [1.165, 1.54) is 12.8 Å². The van der Waals surface area contributed by atoms with Crippen molar-refractivity contribution in [2.45, 2.75) is 63.5 Å². The Kier molecular flexibility index (Phi) is 3.87. The number of amides is 2. The third-order valence-corrected chi connectivity index (χ3v) is 6.39. The highest BCUT2D eigenvalue weighted by molar-refractivity contribution is 5.85. The molecule has 5 nitrogen and oxygen atoms in total. The zero-order valence-electron chi connectivity index (χ0n) is 14.1. The summed E-state index contributed by atoms with van der Waals surface area (Å²) in [6, 6.07) is 0.899. The van der Waals surface area contributed by atoms with Crippen LogP contribution in [0.1, 0.15) is 51.4 Å². The Labute approximate surface area is 138 Å². The first-order valence-corrected chi connectivity index (χ1v) is 9.24. The third-order valence-electron chi connectivity index (χ3n) is 6.39. The fraction of sp³-hybridized carbons (Fsp3) is 0.889. The summed E-state index contributed by atoms with van der Waals surface area (Å²) in [5.41, 5.74) is -0.122. The molecule has 2 atom stereocenters. The van der Waals surface area contributed by atoms with E-state index in [2.05, 4.69) is 9.80 Å². The van der Waals surface area contributed by atoms with Gasteiger partial charge in [0.2, 0.25) is 11.8 Å². The summed E-state index contributed by atoms with van der Waals surface area (Å²) in [5, 5.41) is 0. The Bertz CT molecular complexity index is 498. The van der Waals surface area contributed by atoms with Gasteiger partial charge >= 0.3 is 0 Å². The second kappa shape index (κ2) is 5.76. The van der Waals surface area contributed by atoms with Gasteiger partial charge in [-0.3, -0.25) is 9.59 Å². The zero-order valence-corrected chi connectivity index (χ0v) is 14.1. The Morgan fingerprint density at radius 3 is 2.70 bits per heavy atom. The van der Waals surface area contributed by atoms with E-state index in [0.717, 1.165) is 45.2 Å². The maximum Gasteiger partial charge on any atom is 0.228 e. The monoisotopic (exact) mass is 320 g/mol. The topological polar surface area (TPSA) is 49.9 Å². The van der Waals surface area contributed by atoms with Gasteiger partial charge in [0.25, 0.3) is 0 Å². The van der Waals surface area contributed by atoms with Gasteiger partial charge in [-0.25, -0.2) is 0 Å². The fourth-order valence-corrected chi connectivity index (χ4v) is 4.66. The highest BCUT2D eigenvalue weighted by Crippen LogP contribution is 2.51. The highest BCUT2D eigenvalue weighted by Gasteiger charge is 2.53. The molecule has 2 saturated carbocycles. The van der Waals surface area contributed by atoms with Crippen LogP contribution in [0.25, 0.3) is 0 Å². The molecule has 2 aliphatic heterocycles. The second-order valence-electron chi connectivity index (χ2n) is 7.96. The zero-order chi connectivity index (χ0) is 16.0. The molecule has 0 bridgehead atoms. The lowest BCUT2D eigenvalue weighted by Gasteiger charge is -2.48. The molecular formula is C18H28N2O3. The van der Waals surface area contributed by atoms with Crippen molar-refractivity contribution in [2.24, 2.45) is 11.3 Å². The van der Waals surface area contributed by atoms with E-state index >= 15 is 0 Å². The summed E-state index contributed by atoms with van der Waals surface area (Å²) in [4.78, 5) is 29.5. The normalized spacial score (nSPS) is 32.7. The smallest absolute Gasteiger partial charge is 0.228 e. The predicted molar refractivity (Wildman–Crippen MR) is 85.7 cm³/mol. The molecule has 23 heavy (non-hydrogen) atoms. The molecule has 0 unspecified atom stereocenters. The molecule has 2 saturated heterocycles. The molecule has 0 radical (unpaired) electrons. The quantitative estimate of drug-likeness (QED) is 0.776. The van der Waals surface area contributed by atoms with Crippen molar-refractivity contribution in [2.75, 3.05) is 26.8 Å². The van der Waals surface area contributed by atoms with Crippen LogP contribution in [0.3, 0.4) is 0 Å². The molecule has 4 aliphatic rings. The van der Waals surface area contributed by atoms with E-state index < -0.39 is 0 Å². The van der Waals surface area contributed by atoms with Crippen LogP contribution in [0.4, 0.5) is 0 Å². The van der Waals surface area contributed by atoms with Gasteiger partial charge in [0.15, 0.2) is 0 Å². The summed E-state index contributed by atoms with van der Waals surface area (Å²) in [7, 11) is 1.71. The number of hydrogen-bond donors (Lipinski definition) is 0. The van der Waals surface area contributed by atoms with E-state index in [0.29, 0.717) is 42.8 Å². The number of hydrogen-bond acceptors (Lipinski definition) is 3. The summed E-state index contributed by atoms with van der Waals surface area (Å²) in [5.74, 6) is 1.19. The average molecular weight is 320 g/mol. The van der Waals surface area contributed by atoms with E-state index in [-0.39, 0.29) is 5.41 Å². The van der Waals surface area contributed by atoms with Crippen LogP contribution in [-0.2, 0) is 14.3 Å². The van der Waals surface area contributed by atoms with Crippen LogP contribution in [0, 0.1) is 11.3 Å². The number of nitrogens with zero attached hydrogens (tertiary/aromatic N) is 2. The highest BCUT2D eigenvalue weighted by atomic mass is 16.5. The Hall–Kier alpha value is -1.10. The van der Waals surface area contributed by atoms with E-state index in [1.54, 1.807) is 7.11 Å². The van der Waals surface area contributed by atoms with Crippen molar-refractivity contribution in [3.05, 3.63) is 0 Å². The van der Waals surface area contributed by atoms with Gasteiger partial charge in [0, 0.05) is 45.3 Å². The van der Waals surface area contributed by atoms with Gasteiger partial charge in [0.1, 0.15) is 0 Å². The van der Waals surface area contributed by atoms with Crippen molar-refractivity contribution >= 4 is 11.8 Å². The van der Waals surface area contributed by atoms with Gasteiger partial charge in [-0.1, -0.05) is 0 Å². The molecule has 0 aromatic heterocycles. The number of piperidine rings is 2. The number of carbonyl (C=O) groups is 2. The van der Waals surface area contributed by atoms with Gasteiger partial charge in [-0.2, -0.15) is 0 Å². The van der Waals surface area contributed by atoms with E-state index in [4.69, 9.17) is 4.74 Å². The Morgan fingerprint density at radius 1 is 1.26 bits per heavy atom. The summed E-state index contributed by atoms with van der Waals surface area (Å²) in [6.45, 7) is 2.36. The van der Waals surface area contributed by atoms with Crippen LogP contribution in [0.5, 0.6) is 0 Å². The lowest BCUT2D eigenvalue weighted by molar-refractivity contribution is -0.147. The number of rotatable bonds is 5.